The maximum Gasteiger partial charge on any atom is 0.171 e. The highest BCUT2D eigenvalue weighted by Gasteiger charge is 2.24. The average Bonchev–Trinajstić information content (AvgIpc) is 3.22. The van der Waals surface area contributed by atoms with Crippen LogP contribution in [0.3, 0.4) is 0 Å². The molecule has 7 aromatic rings. The van der Waals surface area contributed by atoms with E-state index in [-0.39, 0.29) is 22.6 Å². The van der Waals surface area contributed by atoms with Gasteiger partial charge in [0.2, 0.25) is 0 Å². The van der Waals surface area contributed by atoms with Gasteiger partial charge in [0.25, 0.3) is 0 Å². The summed E-state index contributed by atoms with van der Waals surface area (Å²) in [6.07, 6.45) is 0. The third-order valence-corrected chi connectivity index (χ3v) is 8.68. The number of rotatable bonds is 10. The molecule has 7 aromatic carbocycles. The van der Waals surface area contributed by atoms with E-state index >= 15 is 0 Å². The molecule has 0 saturated heterocycles. The van der Waals surface area contributed by atoms with Crippen molar-refractivity contribution in [3.05, 3.63) is 169 Å². The normalized spacial score (nSPS) is 10.5. The Morgan fingerprint density at radius 3 is 0.885 bits per heavy atom. The Labute approximate surface area is 302 Å². The number of hydrogen-bond donors (Lipinski definition) is 0. The van der Waals surface area contributed by atoms with Crippen LogP contribution in [0.25, 0.3) is 44.5 Å². The van der Waals surface area contributed by atoms with Crippen LogP contribution in [0, 0.1) is 22.7 Å². The zero-order chi connectivity index (χ0) is 35.9. The molecule has 6 nitrogen and oxygen atoms in total. The Morgan fingerprint density at radius 1 is 0.385 bits per heavy atom. The SMILES string of the molecule is COc1cc(-c2ccccc2)c(Oc2cc(C#N)c(C#N)cc2Oc2c(-c3ccccc3)cc(OC)cc2-c2ccccc2)c(-c2ccccc2)c1. The van der Waals surface area contributed by atoms with E-state index in [0.29, 0.717) is 23.0 Å². The van der Waals surface area contributed by atoms with E-state index in [4.69, 9.17) is 18.9 Å². The Kier molecular flexibility index (Phi) is 9.64. The van der Waals surface area contributed by atoms with Crippen LogP contribution in [0.2, 0.25) is 0 Å². The second-order valence-electron chi connectivity index (χ2n) is 11.8. The van der Waals surface area contributed by atoms with Crippen LogP contribution in [0.15, 0.2) is 158 Å². The second kappa shape index (κ2) is 15.1. The molecule has 6 heteroatoms. The van der Waals surface area contributed by atoms with E-state index in [2.05, 4.69) is 12.1 Å². The molecule has 52 heavy (non-hydrogen) atoms. The van der Waals surface area contributed by atoms with Gasteiger partial charge >= 0.3 is 0 Å². The molecule has 0 radical (unpaired) electrons. The Bertz CT molecular complexity index is 2140. The molecule has 0 atom stereocenters. The van der Waals surface area contributed by atoms with Crippen molar-refractivity contribution >= 4 is 0 Å². The van der Waals surface area contributed by atoms with Gasteiger partial charge in [0.1, 0.15) is 35.1 Å². The van der Waals surface area contributed by atoms with Crippen molar-refractivity contribution in [3.8, 4) is 91.1 Å². The minimum atomic E-state index is 0.155. The van der Waals surface area contributed by atoms with Gasteiger partial charge in [-0.15, -0.1) is 0 Å². The molecule has 0 aliphatic rings. The van der Waals surface area contributed by atoms with Crippen molar-refractivity contribution in [3.63, 3.8) is 0 Å². The summed E-state index contributed by atoms with van der Waals surface area (Å²) in [5, 5.41) is 20.3. The van der Waals surface area contributed by atoms with Crippen LogP contribution in [0.1, 0.15) is 11.1 Å². The Balaban J connectivity index is 1.49. The molecule has 0 bridgehead atoms. The summed E-state index contributed by atoms with van der Waals surface area (Å²) in [6, 6.07) is 54.7. The van der Waals surface area contributed by atoms with Crippen molar-refractivity contribution < 1.29 is 18.9 Å². The van der Waals surface area contributed by atoms with E-state index < -0.39 is 0 Å². The van der Waals surface area contributed by atoms with Gasteiger partial charge in [0, 0.05) is 34.4 Å². The van der Waals surface area contributed by atoms with E-state index in [1.807, 2.05) is 146 Å². The van der Waals surface area contributed by atoms with Gasteiger partial charge in [-0.2, -0.15) is 10.5 Å². The first-order valence-corrected chi connectivity index (χ1v) is 16.6. The monoisotopic (exact) mass is 676 g/mol. The number of nitriles is 2. The minimum absolute atomic E-state index is 0.155. The third kappa shape index (κ3) is 6.78. The van der Waals surface area contributed by atoms with Crippen molar-refractivity contribution in [1.82, 2.24) is 0 Å². The van der Waals surface area contributed by atoms with Gasteiger partial charge in [0.15, 0.2) is 11.5 Å². The zero-order valence-corrected chi connectivity index (χ0v) is 28.5. The number of methoxy groups -OCH3 is 2. The summed E-state index contributed by atoms with van der Waals surface area (Å²) in [5.41, 5.74) is 7.00. The van der Waals surface area contributed by atoms with Crippen molar-refractivity contribution in [2.45, 2.75) is 0 Å². The molecule has 0 unspecified atom stereocenters. The molecular formula is C46H32N2O4. The largest absolute Gasteiger partial charge is 0.497 e. The Hall–Kier alpha value is -7.28. The molecule has 7 rings (SSSR count). The minimum Gasteiger partial charge on any atom is -0.497 e. The molecule has 0 aromatic heterocycles. The predicted molar refractivity (Wildman–Crippen MR) is 204 cm³/mol. The van der Waals surface area contributed by atoms with Crippen molar-refractivity contribution in [2.75, 3.05) is 14.2 Å². The highest BCUT2D eigenvalue weighted by Crippen LogP contribution is 2.50. The second-order valence-corrected chi connectivity index (χ2v) is 11.8. The molecule has 0 amide bonds. The van der Waals surface area contributed by atoms with Crippen molar-refractivity contribution in [1.29, 1.82) is 10.5 Å². The lowest BCUT2D eigenvalue weighted by atomic mass is 9.96. The number of hydrogen-bond acceptors (Lipinski definition) is 6. The third-order valence-electron chi connectivity index (χ3n) is 8.68. The summed E-state index contributed by atoms with van der Waals surface area (Å²) in [5.74, 6) is 2.86. The quantitative estimate of drug-likeness (QED) is 0.143. The molecule has 0 fully saturated rings. The van der Waals surface area contributed by atoms with Crippen LogP contribution in [-0.2, 0) is 0 Å². The molecule has 0 spiro atoms. The maximum atomic E-state index is 10.2. The van der Waals surface area contributed by atoms with E-state index in [1.54, 1.807) is 26.4 Å². The molecule has 0 aliphatic heterocycles. The number of benzene rings is 7. The van der Waals surface area contributed by atoms with Crippen LogP contribution < -0.4 is 18.9 Å². The lowest BCUT2D eigenvalue weighted by molar-refractivity contribution is 0.407. The lowest BCUT2D eigenvalue weighted by Gasteiger charge is -2.22. The molecular weight excluding hydrogens is 645 g/mol. The molecule has 0 heterocycles. The molecule has 0 aliphatic carbocycles. The van der Waals surface area contributed by atoms with Gasteiger partial charge < -0.3 is 18.9 Å². The molecule has 250 valence electrons. The van der Waals surface area contributed by atoms with Crippen LogP contribution in [0.5, 0.6) is 34.5 Å². The summed E-state index contributed by atoms with van der Waals surface area (Å²) in [6.45, 7) is 0. The summed E-state index contributed by atoms with van der Waals surface area (Å²) >= 11 is 0. The van der Waals surface area contributed by atoms with Gasteiger partial charge in [0.05, 0.1) is 25.3 Å². The van der Waals surface area contributed by atoms with E-state index in [0.717, 1.165) is 44.5 Å². The average molecular weight is 677 g/mol. The maximum absolute atomic E-state index is 10.2. The van der Waals surface area contributed by atoms with Gasteiger partial charge in [-0.1, -0.05) is 121 Å². The highest BCUT2D eigenvalue weighted by molar-refractivity contribution is 5.86. The zero-order valence-electron chi connectivity index (χ0n) is 28.5. The first-order chi connectivity index (χ1) is 25.6. The number of nitrogens with zero attached hydrogens (tertiary/aromatic N) is 2. The summed E-state index contributed by atoms with van der Waals surface area (Å²) < 4.78 is 25.5. The molecule has 0 saturated carbocycles. The van der Waals surface area contributed by atoms with Gasteiger partial charge in [-0.3, -0.25) is 0 Å². The summed E-state index contributed by atoms with van der Waals surface area (Å²) in [7, 11) is 3.27. The predicted octanol–water partition coefficient (Wildman–Crippen LogP) is 11.7. The first-order valence-electron chi connectivity index (χ1n) is 16.6. The van der Waals surface area contributed by atoms with Crippen LogP contribution >= 0.6 is 0 Å². The standard InChI is InChI=1S/C46H32N2O4/c1-49-37-25-39(31-15-7-3-8-16-31)45(40(26-37)32-17-9-4-10-18-32)51-43-23-35(29-47)36(30-48)24-44(43)52-46-41(33-19-11-5-12-20-33)27-38(50-2)28-42(46)34-21-13-6-14-22-34/h3-28H,1-2H3. The van der Waals surface area contributed by atoms with Crippen LogP contribution in [0.4, 0.5) is 0 Å². The van der Waals surface area contributed by atoms with E-state index in [1.165, 1.54) is 0 Å². The fourth-order valence-electron chi connectivity index (χ4n) is 6.11. The lowest BCUT2D eigenvalue weighted by Crippen LogP contribution is -2.00. The first kappa shape index (κ1) is 33.2. The fraction of sp³-hybridized carbons (Fsp3) is 0.0435. The Morgan fingerprint density at radius 2 is 0.654 bits per heavy atom. The smallest absolute Gasteiger partial charge is 0.171 e. The topological polar surface area (TPSA) is 84.5 Å². The molecule has 0 N–H and O–H groups in total. The van der Waals surface area contributed by atoms with Crippen LogP contribution in [-0.4, -0.2) is 14.2 Å². The van der Waals surface area contributed by atoms with Crippen molar-refractivity contribution in [2.24, 2.45) is 0 Å². The number of ether oxygens (including phenoxy) is 4. The van der Waals surface area contributed by atoms with E-state index in [9.17, 15) is 10.5 Å². The highest BCUT2D eigenvalue weighted by atomic mass is 16.5. The van der Waals surface area contributed by atoms with Gasteiger partial charge in [-0.05, 0) is 46.5 Å². The van der Waals surface area contributed by atoms with Gasteiger partial charge in [-0.25, -0.2) is 0 Å². The fourth-order valence-corrected chi connectivity index (χ4v) is 6.11. The summed E-state index contributed by atoms with van der Waals surface area (Å²) in [4.78, 5) is 0.